The summed E-state index contributed by atoms with van der Waals surface area (Å²) in [4.78, 5) is 0. The highest BCUT2D eigenvalue weighted by Gasteiger charge is 2.37. The maximum absolute atomic E-state index is 5.89. The standard InChI is InChI=1S/C13H28O2Si/c1-6-9-10-11-12-13(4)16(5,14-7-2)15-8-3/h6,13H,1,7-12H2,2-5H3. The van der Waals surface area contributed by atoms with E-state index < -0.39 is 8.56 Å². The zero-order valence-electron chi connectivity index (χ0n) is 11.4. The van der Waals surface area contributed by atoms with Crippen LogP contribution in [-0.2, 0) is 8.85 Å². The van der Waals surface area contributed by atoms with Crippen molar-refractivity contribution in [3.05, 3.63) is 12.7 Å². The largest absolute Gasteiger partial charge is 0.394 e. The molecular weight excluding hydrogens is 216 g/mol. The fourth-order valence-electron chi connectivity index (χ4n) is 1.90. The van der Waals surface area contributed by atoms with E-state index in [1.54, 1.807) is 0 Å². The van der Waals surface area contributed by atoms with Crippen LogP contribution in [0.25, 0.3) is 0 Å². The molecule has 0 aromatic heterocycles. The van der Waals surface area contributed by atoms with Crippen LogP contribution in [0.1, 0.15) is 46.5 Å². The van der Waals surface area contributed by atoms with Crippen molar-refractivity contribution in [1.82, 2.24) is 0 Å². The Morgan fingerprint density at radius 3 is 2.19 bits per heavy atom. The van der Waals surface area contributed by atoms with Gasteiger partial charge < -0.3 is 8.85 Å². The van der Waals surface area contributed by atoms with Crippen molar-refractivity contribution >= 4 is 8.56 Å². The van der Waals surface area contributed by atoms with E-state index in [4.69, 9.17) is 8.85 Å². The van der Waals surface area contributed by atoms with E-state index in [1.165, 1.54) is 19.3 Å². The highest BCUT2D eigenvalue weighted by molar-refractivity contribution is 6.67. The van der Waals surface area contributed by atoms with E-state index in [0.29, 0.717) is 5.54 Å². The molecule has 0 aliphatic carbocycles. The lowest BCUT2D eigenvalue weighted by molar-refractivity contribution is 0.178. The molecule has 0 amide bonds. The van der Waals surface area contributed by atoms with Gasteiger partial charge in [-0.2, -0.15) is 0 Å². The molecule has 0 N–H and O–H groups in total. The molecule has 1 atom stereocenters. The third-order valence-electron chi connectivity index (χ3n) is 3.05. The SMILES string of the molecule is C=CCCCCC(C)[Si](C)(OCC)OCC. The van der Waals surface area contributed by atoms with Crippen LogP contribution in [0.15, 0.2) is 12.7 Å². The van der Waals surface area contributed by atoms with Crippen molar-refractivity contribution in [2.75, 3.05) is 13.2 Å². The number of hydrogen-bond donors (Lipinski definition) is 0. The van der Waals surface area contributed by atoms with Gasteiger partial charge >= 0.3 is 8.56 Å². The Morgan fingerprint density at radius 1 is 1.19 bits per heavy atom. The summed E-state index contributed by atoms with van der Waals surface area (Å²) in [5.74, 6) is 0. The van der Waals surface area contributed by atoms with Crippen LogP contribution in [0.3, 0.4) is 0 Å². The first-order chi connectivity index (χ1) is 7.60. The Morgan fingerprint density at radius 2 is 1.75 bits per heavy atom. The van der Waals surface area contributed by atoms with Gasteiger partial charge in [-0.25, -0.2) is 0 Å². The number of unbranched alkanes of at least 4 members (excludes halogenated alkanes) is 2. The Hall–Kier alpha value is -0.123. The fourth-order valence-corrected chi connectivity index (χ4v) is 4.43. The van der Waals surface area contributed by atoms with E-state index >= 15 is 0 Å². The molecule has 0 aliphatic heterocycles. The van der Waals surface area contributed by atoms with E-state index in [2.05, 4.69) is 33.9 Å². The molecule has 3 heteroatoms. The molecule has 0 heterocycles. The summed E-state index contributed by atoms with van der Waals surface area (Å²) in [7, 11) is -1.94. The van der Waals surface area contributed by atoms with E-state index in [1.807, 2.05) is 6.08 Å². The zero-order valence-corrected chi connectivity index (χ0v) is 12.4. The molecule has 0 saturated heterocycles. The van der Waals surface area contributed by atoms with Gasteiger partial charge in [0.05, 0.1) is 0 Å². The van der Waals surface area contributed by atoms with Gasteiger partial charge in [0.1, 0.15) is 0 Å². The lowest BCUT2D eigenvalue weighted by atomic mass is 10.1. The van der Waals surface area contributed by atoms with E-state index in [9.17, 15) is 0 Å². The molecule has 0 spiro atoms. The molecule has 0 bridgehead atoms. The Bertz CT molecular complexity index is 177. The van der Waals surface area contributed by atoms with Crippen LogP contribution in [0.5, 0.6) is 0 Å². The molecular formula is C13H28O2Si. The third kappa shape index (κ3) is 5.82. The van der Waals surface area contributed by atoms with Gasteiger partial charge in [-0.05, 0) is 45.2 Å². The van der Waals surface area contributed by atoms with E-state index in [0.717, 1.165) is 19.6 Å². The first-order valence-electron chi connectivity index (χ1n) is 6.49. The monoisotopic (exact) mass is 244 g/mol. The lowest BCUT2D eigenvalue weighted by Crippen LogP contribution is -2.43. The van der Waals surface area contributed by atoms with Gasteiger partial charge in [0.15, 0.2) is 0 Å². The first-order valence-corrected chi connectivity index (χ1v) is 8.88. The van der Waals surface area contributed by atoms with Gasteiger partial charge in [0, 0.05) is 13.2 Å². The van der Waals surface area contributed by atoms with E-state index in [-0.39, 0.29) is 0 Å². The highest BCUT2D eigenvalue weighted by Crippen LogP contribution is 2.29. The van der Waals surface area contributed by atoms with Crippen molar-refractivity contribution in [2.45, 2.75) is 58.5 Å². The molecule has 96 valence electrons. The minimum atomic E-state index is -1.94. The average Bonchev–Trinajstić information content (AvgIpc) is 2.24. The second kappa shape index (κ2) is 8.96. The second-order valence-electron chi connectivity index (χ2n) is 4.36. The average molecular weight is 244 g/mol. The fraction of sp³-hybridized carbons (Fsp3) is 0.846. The minimum Gasteiger partial charge on any atom is -0.394 e. The summed E-state index contributed by atoms with van der Waals surface area (Å²) in [6.45, 7) is 13.8. The van der Waals surface area contributed by atoms with Crippen molar-refractivity contribution in [2.24, 2.45) is 0 Å². The highest BCUT2D eigenvalue weighted by atomic mass is 28.4. The molecule has 0 rings (SSSR count). The second-order valence-corrected chi connectivity index (χ2v) is 7.95. The normalized spacial score (nSPS) is 13.8. The topological polar surface area (TPSA) is 18.5 Å². The molecule has 16 heavy (non-hydrogen) atoms. The molecule has 0 radical (unpaired) electrons. The van der Waals surface area contributed by atoms with Crippen LogP contribution >= 0.6 is 0 Å². The Balaban J connectivity index is 4.05. The Labute approximate surface area is 102 Å². The Kier molecular flexibility index (Phi) is 8.90. The molecule has 2 nitrogen and oxygen atoms in total. The summed E-state index contributed by atoms with van der Waals surface area (Å²) in [6.07, 6.45) is 6.80. The summed E-state index contributed by atoms with van der Waals surface area (Å²) >= 11 is 0. The van der Waals surface area contributed by atoms with Gasteiger partial charge in [0.2, 0.25) is 0 Å². The number of rotatable bonds is 10. The van der Waals surface area contributed by atoms with Crippen LogP contribution in [0, 0.1) is 0 Å². The van der Waals surface area contributed by atoms with Crippen LogP contribution in [0.4, 0.5) is 0 Å². The summed E-state index contributed by atoms with van der Waals surface area (Å²) < 4.78 is 11.8. The summed E-state index contributed by atoms with van der Waals surface area (Å²) in [5, 5.41) is 0. The maximum Gasteiger partial charge on any atom is 0.337 e. The molecule has 1 unspecified atom stereocenters. The van der Waals surface area contributed by atoms with Crippen LogP contribution in [0.2, 0.25) is 12.1 Å². The van der Waals surface area contributed by atoms with Gasteiger partial charge in [-0.15, -0.1) is 6.58 Å². The van der Waals surface area contributed by atoms with Crippen molar-refractivity contribution in [3.8, 4) is 0 Å². The summed E-state index contributed by atoms with van der Waals surface area (Å²) in [5.41, 5.74) is 0.567. The zero-order chi connectivity index (χ0) is 12.4. The van der Waals surface area contributed by atoms with Crippen molar-refractivity contribution in [1.29, 1.82) is 0 Å². The van der Waals surface area contributed by atoms with Gasteiger partial charge in [-0.1, -0.05) is 19.4 Å². The van der Waals surface area contributed by atoms with Crippen LogP contribution in [-0.4, -0.2) is 21.8 Å². The molecule has 0 aromatic carbocycles. The van der Waals surface area contributed by atoms with Crippen molar-refractivity contribution in [3.63, 3.8) is 0 Å². The first kappa shape index (κ1) is 15.9. The minimum absolute atomic E-state index is 0.567. The predicted molar refractivity (Wildman–Crippen MR) is 73.0 cm³/mol. The third-order valence-corrected chi connectivity index (χ3v) is 6.86. The van der Waals surface area contributed by atoms with Crippen LogP contribution < -0.4 is 0 Å². The smallest absolute Gasteiger partial charge is 0.337 e. The number of allylic oxidation sites excluding steroid dienone is 1. The summed E-state index contributed by atoms with van der Waals surface area (Å²) in [6, 6.07) is 0. The quantitative estimate of drug-likeness (QED) is 0.325. The van der Waals surface area contributed by atoms with Crippen molar-refractivity contribution < 1.29 is 8.85 Å². The van der Waals surface area contributed by atoms with Gasteiger partial charge in [0.25, 0.3) is 0 Å². The predicted octanol–water partition coefficient (Wildman–Crippen LogP) is 4.27. The molecule has 0 fully saturated rings. The maximum atomic E-state index is 5.89. The molecule has 0 aliphatic rings. The molecule has 0 saturated carbocycles. The molecule has 0 aromatic rings. The number of hydrogen-bond acceptors (Lipinski definition) is 2. The lowest BCUT2D eigenvalue weighted by Gasteiger charge is -2.31. The van der Waals surface area contributed by atoms with Gasteiger partial charge in [-0.3, -0.25) is 0 Å².